The molecule has 1 atom stereocenters. The zero-order valence-corrected chi connectivity index (χ0v) is 19.0. The number of aliphatic imine (C=N–C) groups is 1. The first-order valence-corrected chi connectivity index (χ1v) is 10.7. The van der Waals surface area contributed by atoms with E-state index in [2.05, 4.69) is 32.2 Å². The molecule has 2 heterocycles. The summed E-state index contributed by atoms with van der Waals surface area (Å²) < 4.78 is 7.70. The van der Waals surface area contributed by atoms with E-state index in [9.17, 15) is 4.79 Å². The molecule has 1 amide bonds. The minimum absolute atomic E-state index is 0.00203. The van der Waals surface area contributed by atoms with Crippen LogP contribution >= 0.6 is 0 Å². The summed E-state index contributed by atoms with van der Waals surface area (Å²) in [5, 5.41) is 18.1. The number of guanidine groups is 1. The SMILES string of the molecule is CCNC(=O)C(C)(C)CNC(=NCc1nnc(C)n1C)NC1CCOc2ccccc21. The maximum atomic E-state index is 12.4. The fourth-order valence-corrected chi connectivity index (χ4v) is 3.33. The zero-order chi connectivity index (χ0) is 22.4. The highest BCUT2D eigenvalue weighted by Crippen LogP contribution is 2.31. The van der Waals surface area contributed by atoms with Crippen LogP contribution in [0, 0.1) is 12.3 Å². The Morgan fingerprint density at radius 3 is 2.77 bits per heavy atom. The first-order valence-electron chi connectivity index (χ1n) is 10.7. The van der Waals surface area contributed by atoms with Crippen molar-refractivity contribution in [1.82, 2.24) is 30.7 Å². The first-order chi connectivity index (χ1) is 14.8. The Kier molecular flexibility index (Phi) is 7.14. The van der Waals surface area contributed by atoms with Gasteiger partial charge in [0.25, 0.3) is 0 Å². The third-order valence-corrected chi connectivity index (χ3v) is 5.48. The molecular formula is C22H33N7O2. The van der Waals surface area contributed by atoms with Crippen LogP contribution in [0.2, 0.25) is 0 Å². The number of ether oxygens (including phenoxy) is 1. The quantitative estimate of drug-likeness (QED) is 0.460. The predicted octanol–water partition coefficient (Wildman–Crippen LogP) is 1.84. The van der Waals surface area contributed by atoms with Gasteiger partial charge in [-0.1, -0.05) is 18.2 Å². The van der Waals surface area contributed by atoms with E-state index in [1.165, 1.54) is 0 Å². The van der Waals surface area contributed by atoms with Crippen LogP contribution in [-0.2, 0) is 18.4 Å². The number of benzene rings is 1. The summed E-state index contributed by atoms with van der Waals surface area (Å²) in [6.45, 7) is 9.71. The number of nitrogens with one attached hydrogen (secondary N) is 3. The van der Waals surface area contributed by atoms with Gasteiger partial charge in [-0.15, -0.1) is 10.2 Å². The van der Waals surface area contributed by atoms with Gasteiger partial charge in [-0.05, 0) is 33.8 Å². The van der Waals surface area contributed by atoms with Crippen molar-refractivity contribution in [3.05, 3.63) is 41.5 Å². The molecule has 0 aliphatic carbocycles. The Morgan fingerprint density at radius 1 is 1.29 bits per heavy atom. The molecule has 1 aromatic carbocycles. The number of fused-ring (bicyclic) bond motifs is 1. The Balaban J connectivity index is 1.78. The second kappa shape index (κ2) is 9.80. The van der Waals surface area contributed by atoms with E-state index in [0.717, 1.165) is 29.4 Å². The third-order valence-electron chi connectivity index (χ3n) is 5.48. The number of nitrogens with zero attached hydrogens (tertiary/aromatic N) is 4. The first kappa shape index (κ1) is 22.6. The average Bonchev–Trinajstić information content (AvgIpc) is 3.08. The van der Waals surface area contributed by atoms with Gasteiger partial charge < -0.3 is 25.3 Å². The van der Waals surface area contributed by atoms with Crippen molar-refractivity contribution in [2.45, 2.75) is 46.7 Å². The Bertz CT molecular complexity index is 936. The van der Waals surface area contributed by atoms with E-state index < -0.39 is 5.41 Å². The van der Waals surface area contributed by atoms with Crippen LogP contribution in [0.1, 0.15) is 50.4 Å². The second-order valence-corrected chi connectivity index (χ2v) is 8.36. The Labute approximate surface area is 183 Å². The highest BCUT2D eigenvalue weighted by atomic mass is 16.5. The Morgan fingerprint density at radius 2 is 2.06 bits per heavy atom. The number of hydrogen-bond donors (Lipinski definition) is 3. The smallest absolute Gasteiger partial charge is 0.227 e. The average molecular weight is 428 g/mol. The predicted molar refractivity (Wildman–Crippen MR) is 120 cm³/mol. The number of rotatable bonds is 7. The van der Waals surface area contributed by atoms with Crippen molar-refractivity contribution in [3.8, 4) is 5.75 Å². The van der Waals surface area contributed by atoms with E-state index in [-0.39, 0.29) is 11.9 Å². The largest absolute Gasteiger partial charge is 0.493 e. The van der Waals surface area contributed by atoms with Crippen molar-refractivity contribution < 1.29 is 9.53 Å². The number of carbonyl (C=O) groups excluding carboxylic acids is 1. The molecule has 0 saturated heterocycles. The molecule has 0 bridgehead atoms. The van der Waals surface area contributed by atoms with Crippen LogP contribution in [-0.4, -0.2) is 46.3 Å². The lowest BCUT2D eigenvalue weighted by molar-refractivity contribution is -0.128. The van der Waals surface area contributed by atoms with Crippen LogP contribution in [0.3, 0.4) is 0 Å². The summed E-state index contributed by atoms with van der Waals surface area (Å²) in [5.41, 5.74) is 0.508. The molecule has 168 valence electrons. The molecule has 2 aromatic rings. The summed E-state index contributed by atoms with van der Waals surface area (Å²) in [6, 6.07) is 8.08. The maximum absolute atomic E-state index is 12.4. The minimum Gasteiger partial charge on any atom is -0.493 e. The molecule has 1 aromatic heterocycles. The Hall–Kier alpha value is -3.10. The molecule has 9 heteroatoms. The number of aromatic nitrogens is 3. The molecule has 0 radical (unpaired) electrons. The lowest BCUT2D eigenvalue weighted by Crippen LogP contribution is -2.48. The van der Waals surface area contributed by atoms with Gasteiger partial charge in [-0.25, -0.2) is 4.99 Å². The molecule has 0 spiro atoms. The highest BCUT2D eigenvalue weighted by molar-refractivity contribution is 5.84. The van der Waals surface area contributed by atoms with Gasteiger partial charge in [-0.2, -0.15) is 0 Å². The van der Waals surface area contributed by atoms with Crippen molar-refractivity contribution in [3.63, 3.8) is 0 Å². The van der Waals surface area contributed by atoms with Gasteiger partial charge in [0, 0.05) is 32.1 Å². The van der Waals surface area contributed by atoms with E-state index in [4.69, 9.17) is 9.73 Å². The summed E-state index contributed by atoms with van der Waals surface area (Å²) in [7, 11) is 1.92. The van der Waals surface area contributed by atoms with Crippen LogP contribution in [0.25, 0.3) is 0 Å². The number of carbonyl (C=O) groups is 1. The normalized spacial score (nSPS) is 16.3. The lowest BCUT2D eigenvalue weighted by atomic mass is 9.92. The molecule has 3 N–H and O–H groups in total. The van der Waals surface area contributed by atoms with E-state index in [0.29, 0.717) is 32.2 Å². The topological polar surface area (TPSA) is 105 Å². The fourth-order valence-electron chi connectivity index (χ4n) is 3.33. The van der Waals surface area contributed by atoms with Crippen molar-refractivity contribution in [2.75, 3.05) is 19.7 Å². The van der Waals surface area contributed by atoms with Crippen LogP contribution < -0.4 is 20.7 Å². The number of para-hydroxylation sites is 1. The molecule has 1 aliphatic heterocycles. The third kappa shape index (κ3) is 5.53. The molecular weight excluding hydrogens is 394 g/mol. The summed E-state index contributed by atoms with van der Waals surface area (Å²) in [4.78, 5) is 17.2. The van der Waals surface area contributed by atoms with Gasteiger partial charge in [-0.3, -0.25) is 4.79 Å². The monoisotopic (exact) mass is 427 g/mol. The number of hydrogen-bond acceptors (Lipinski definition) is 5. The van der Waals surface area contributed by atoms with Gasteiger partial charge in [0.1, 0.15) is 18.1 Å². The van der Waals surface area contributed by atoms with Gasteiger partial charge in [0.2, 0.25) is 5.91 Å². The van der Waals surface area contributed by atoms with E-state index >= 15 is 0 Å². The van der Waals surface area contributed by atoms with Crippen LogP contribution in [0.15, 0.2) is 29.3 Å². The second-order valence-electron chi connectivity index (χ2n) is 8.36. The van der Waals surface area contributed by atoms with Crippen molar-refractivity contribution >= 4 is 11.9 Å². The number of amides is 1. The van der Waals surface area contributed by atoms with E-state index in [1.807, 2.05) is 57.5 Å². The summed E-state index contributed by atoms with van der Waals surface area (Å²) in [6.07, 6.45) is 0.820. The van der Waals surface area contributed by atoms with E-state index in [1.54, 1.807) is 0 Å². The van der Waals surface area contributed by atoms with Gasteiger partial charge in [0.05, 0.1) is 18.1 Å². The van der Waals surface area contributed by atoms with Gasteiger partial charge in [0.15, 0.2) is 11.8 Å². The zero-order valence-electron chi connectivity index (χ0n) is 19.0. The molecule has 3 rings (SSSR count). The molecule has 31 heavy (non-hydrogen) atoms. The molecule has 9 nitrogen and oxygen atoms in total. The van der Waals surface area contributed by atoms with Crippen molar-refractivity contribution in [1.29, 1.82) is 0 Å². The highest BCUT2D eigenvalue weighted by Gasteiger charge is 2.28. The lowest BCUT2D eigenvalue weighted by Gasteiger charge is -2.30. The van der Waals surface area contributed by atoms with Gasteiger partial charge >= 0.3 is 0 Å². The van der Waals surface area contributed by atoms with Crippen molar-refractivity contribution in [2.24, 2.45) is 17.5 Å². The molecule has 0 fully saturated rings. The standard InChI is InChI=1S/C22H33N7O2/c1-6-23-20(30)22(3,4)14-25-21(24-13-19-28-27-15(2)29(19)5)26-17-11-12-31-18-10-8-7-9-16(17)18/h7-10,17H,6,11-14H2,1-5H3,(H,23,30)(H2,24,25,26). The maximum Gasteiger partial charge on any atom is 0.227 e. The fraction of sp³-hybridized carbons (Fsp3) is 0.545. The molecule has 1 aliphatic rings. The summed E-state index contributed by atoms with van der Waals surface area (Å²) in [5.74, 6) is 3.12. The summed E-state index contributed by atoms with van der Waals surface area (Å²) >= 11 is 0. The van der Waals surface area contributed by atoms with Crippen LogP contribution in [0.4, 0.5) is 0 Å². The molecule has 0 saturated carbocycles. The molecule has 1 unspecified atom stereocenters. The minimum atomic E-state index is -0.590. The van der Waals surface area contributed by atoms with Crippen LogP contribution in [0.5, 0.6) is 5.75 Å². The number of aryl methyl sites for hydroxylation is 1.